The van der Waals surface area contributed by atoms with E-state index in [2.05, 4.69) is 10.3 Å². The minimum Gasteiger partial charge on any atom is -0.348 e. The fraction of sp³-hybridized carbons (Fsp3) is 0.545. The number of hydrogen-bond acceptors (Lipinski definition) is 4. The second-order valence-corrected chi connectivity index (χ2v) is 4.05. The number of carbonyl (C=O) groups is 1. The first kappa shape index (κ1) is 11.0. The van der Waals surface area contributed by atoms with Crippen LogP contribution in [-0.2, 0) is 9.53 Å². The molecule has 0 saturated carbocycles. The van der Waals surface area contributed by atoms with Gasteiger partial charge >= 0.3 is 5.69 Å². The number of hydrogen-bond donors (Lipinski definition) is 1. The van der Waals surface area contributed by atoms with Crippen molar-refractivity contribution in [1.29, 1.82) is 0 Å². The molecule has 2 rings (SSSR count). The smallest absolute Gasteiger partial charge is 0.348 e. The van der Waals surface area contributed by atoms with E-state index in [1.807, 2.05) is 0 Å². The average molecular weight is 277 g/mol. The van der Waals surface area contributed by atoms with Crippen molar-refractivity contribution in [3.05, 3.63) is 22.7 Å². The minimum atomic E-state index is -3.62. The summed E-state index contributed by atoms with van der Waals surface area (Å²) in [5.74, 6) is -4.14. The van der Waals surface area contributed by atoms with Crippen molar-refractivity contribution in [2.75, 3.05) is 5.32 Å². The zero-order valence-corrected chi connectivity index (χ0v) is 9.97. The number of carbonyl (C=O) groups excluding carboxylic acids is 1. The first-order valence-electron chi connectivity index (χ1n) is 6.67. The monoisotopic (exact) mass is 277 g/mol. The van der Waals surface area contributed by atoms with Crippen molar-refractivity contribution in [3.63, 3.8) is 0 Å². The maximum absolute atomic E-state index is 14.0. The van der Waals surface area contributed by atoms with Crippen LogP contribution in [0.1, 0.15) is 29.2 Å². The fourth-order valence-electron chi connectivity index (χ4n) is 1.72. The van der Waals surface area contributed by atoms with Gasteiger partial charge in [0.2, 0.25) is 12.1 Å². The van der Waals surface area contributed by atoms with Gasteiger partial charge in [-0.15, -0.1) is 0 Å². The number of anilines is 1. The molecule has 8 heteroatoms. The molecule has 1 saturated heterocycles. The van der Waals surface area contributed by atoms with E-state index in [9.17, 15) is 18.4 Å². The van der Waals surface area contributed by atoms with E-state index in [1.165, 1.54) is 13.0 Å². The highest BCUT2D eigenvalue weighted by Gasteiger charge is 2.50. The van der Waals surface area contributed by atoms with Crippen LogP contribution in [0.2, 0.25) is 0 Å². The van der Waals surface area contributed by atoms with Crippen molar-refractivity contribution < 1.29 is 21.1 Å². The summed E-state index contributed by atoms with van der Waals surface area (Å²) in [5.41, 5.74) is -1.04. The number of ether oxygens (including phenoxy) is 1. The van der Waals surface area contributed by atoms with E-state index in [0.717, 1.165) is 6.20 Å². The SMILES string of the molecule is [3H]C[C@H]1OC(n2ccc(NC(C)=O)nc2=O)C(F)(F)[C@@H]1[3H]. The highest BCUT2D eigenvalue weighted by atomic mass is 19.3. The number of nitrogens with one attached hydrogen (secondary N) is 1. The summed E-state index contributed by atoms with van der Waals surface area (Å²) in [4.78, 5) is 26.1. The summed E-state index contributed by atoms with van der Waals surface area (Å²) in [6.45, 7) is 0.706. The highest BCUT2D eigenvalue weighted by molar-refractivity contribution is 5.87. The Balaban J connectivity index is 2.34. The van der Waals surface area contributed by atoms with Crippen LogP contribution in [0.15, 0.2) is 17.1 Å². The number of rotatable bonds is 2. The largest absolute Gasteiger partial charge is 0.351 e. The van der Waals surface area contributed by atoms with E-state index >= 15 is 0 Å². The second kappa shape index (κ2) is 4.69. The van der Waals surface area contributed by atoms with E-state index in [1.54, 1.807) is 0 Å². The second-order valence-electron chi connectivity index (χ2n) is 4.05. The first-order valence-corrected chi connectivity index (χ1v) is 5.39. The van der Waals surface area contributed by atoms with Gasteiger partial charge in [-0.1, -0.05) is 0 Å². The van der Waals surface area contributed by atoms with Gasteiger partial charge in [0.15, 0.2) is 0 Å². The standard InChI is InChI=1S/C11H13F2N3O3/c1-6-5-11(12,13)9(19-6)16-4-3-8(14-7(2)17)15-10(16)18/h3-4,6,9H,5H2,1-2H3,(H,14,15,17,18)/t6-,9?/m1/s1/i1T,5T/t5-,6-,9?. The van der Waals surface area contributed by atoms with Gasteiger partial charge in [0.25, 0.3) is 5.92 Å². The summed E-state index contributed by atoms with van der Waals surface area (Å²) >= 11 is 0. The summed E-state index contributed by atoms with van der Waals surface area (Å²) in [5, 5.41) is 2.25. The third kappa shape index (κ3) is 2.78. The van der Waals surface area contributed by atoms with Crippen LogP contribution in [0.25, 0.3) is 0 Å². The van der Waals surface area contributed by atoms with Crippen molar-refractivity contribution >= 4 is 11.7 Å². The molecule has 6 nitrogen and oxygen atoms in total. The Hall–Kier alpha value is -1.83. The molecule has 1 aliphatic heterocycles. The Morgan fingerprint density at radius 3 is 3.05 bits per heavy atom. The Morgan fingerprint density at radius 1 is 1.79 bits per heavy atom. The van der Waals surface area contributed by atoms with Gasteiger partial charge in [-0.3, -0.25) is 9.36 Å². The third-order valence-corrected chi connectivity index (χ3v) is 2.43. The molecule has 1 amide bonds. The molecule has 1 unspecified atom stereocenters. The topological polar surface area (TPSA) is 73.2 Å². The lowest BCUT2D eigenvalue weighted by atomic mass is 10.2. The molecule has 1 fully saturated rings. The summed E-state index contributed by atoms with van der Waals surface area (Å²) < 4.78 is 47.9. The predicted molar refractivity (Wildman–Crippen MR) is 61.9 cm³/mol. The van der Waals surface area contributed by atoms with E-state index < -0.39 is 43.1 Å². The minimum absolute atomic E-state index is 0.0653. The third-order valence-electron chi connectivity index (χ3n) is 2.43. The van der Waals surface area contributed by atoms with Crippen LogP contribution < -0.4 is 11.0 Å². The van der Waals surface area contributed by atoms with Crippen molar-refractivity contribution in [1.82, 2.24) is 9.55 Å². The number of halogens is 2. The molecule has 0 spiro atoms. The lowest BCUT2D eigenvalue weighted by Crippen LogP contribution is -2.35. The van der Waals surface area contributed by atoms with Crippen molar-refractivity contribution in [3.8, 4) is 0 Å². The van der Waals surface area contributed by atoms with Crippen LogP contribution in [0, 0.1) is 0 Å². The molecule has 19 heavy (non-hydrogen) atoms. The Labute approximate surface area is 110 Å². The molecule has 3 atom stereocenters. The molecular formula is C11H13F2N3O3. The molecule has 0 radical (unpaired) electrons. The number of aromatic nitrogens is 2. The molecule has 0 aromatic carbocycles. The first-order chi connectivity index (χ1) is 9.77. The van der Waals surface area contributed by atoms with Gasteiger partial charge in [-0.05, 0) is 13.0 Å². The van der Waals surface area contributed by atoms with Gasteiger partial charge in [0.05, 0.1) is 6.10 Å². The highest BCUT2D eigenvalue weighted by Crippen LogP contribution is 2.41. The number of amides is 1. The predicted octanol–water partition coefficient (Wildman–Crippen LogP) is 1.14. The van der Waals surface area contributed by atoms with Gasteiger partial charge in [-0.2, -0.15) is 4.98 Å². The van der Waals surface area contributed by atoms with Crippen LogP contribution in [-0.4, -0.2) is 27.5 Å². The summed E-state index contributed by atoms with van der Waals surface area (Å²) in [6.07, 6.45) is -4.19. The lowest BCUT2D eigenvalue weighted by Gasteiger charge is -2.19. The molecule has 104 valence electrons. The van der Waals surface area contributed by atoms with E-state index in [0.29, 0.717) is 4.57 Å². The zero-order valence-electron chi connectivity index (χ0n) is 12.0. The zero-order chi connectivity index (χ0) is 15.8. The quantitative estimate of drug-likeness (QED) is 0.880. The van der Waals surface area contributed by atoms with Crippen molar-refractivity contribution in [2.45, 2.75) is 38.5 Å². The lowest BCUT2D eigenvalue weighted by molar-refractivity contribution is -0.116. The molecule has 0 bridgehead atoms. The van der Waals surface area contributed by atoms with Crippen LogP contribution >= 0.6 is 0 Å². The van der Waals surface area contributed by atoms with Crippen LogP contribution in [0.5, 0.6) is 0 Å². The summed E-state index contributed by atoms with van der Waals surface area (Å²) in [6, 6.07) is 1.18. The van der Waals surface area contributed by atoms with E-state index in [-0.39, 0.29) is 5.82 Å². The molecule has 1 aromatic heterocycles. The van der Waals surface area contributed by atoms with Crippen LogP contribution in [0.4, 0.5) is 14.6 Å². The Kier molecular flexibility index (Phi) is 2.72. The molecule has 1 N–H and O–H groups in total. The average Bonchev–Trinajstić information content (AvgIpc) is 2.61. The maximum Gasteiger partial charge on any atom is 0.351 e. The molecule has 2 heterocycles. The molecular weight excluding hydrogens is 260 g/mol. The maximum atomic E-state index is 14.0. The van der Waals surface area contributed by atoms with E-state index in [4.69, 9.17) is 7.48 Å². The van der Waals surface area contributed by atoms with Crippen molar-refractivity contribution in [2.24, 2.45) is 0 Å². The van der Waals surface area contributed by atoms with Gasteiger partial charge in [0, 0.05) is 22.3 Å². The van der Waals surface area contributed by atoms with Crippen LogP contribution in [0.3, 0.4) is 0 Å². The Morgan fingerprint density at radius 2 is 2.53 bits per heavy atom. The number of alkyl halides is 2. The normalized spacial score (nSPS) is 30.6. The number of nitrogens with zero attached hydrogens (tertiary/aromatic N) is 2. The van der Waals surface area contributed by atoms with Gasteiger partial charge in [0.1, 0.15) is 5.82 Å². The van der Waals surface area contributed by atoms with Gasteiger partial charge in [-0.25, -0.2) is 13.6 Å². The molecule has 1 aromatic rings. The molecule has 0 aliphatic carbocycles. The molecule has 1 aliphatic rings. The van der Waals surface area contributed by atoms with Gasteiger partial charge < -0.3 is 10.1 Å². The Bertz CT molecular complexity index is 611. The summed E-state index contributed by atoms with van der Waals surface area (Å²) in [7, 11) is 0. The fourth-order valence-corrected chi connectivity index (χ4v) is 1.72.